The van der Waals surface area contributed by atoms with Crippen molar-refractivity contribution in [3.05, 3.63) is 125 Å². The Kier molecular flexibility index (Phi) is 14.7. The fourth-order valence-corrected chi connectivity index (χ4v) is 11.9. The lowest BCUT2D eigenvalue weighted by Gasteiger charge is -2.30. The maximum Gasteiger partial charge on any atom is 0.450 e. The van der Waals surface area contributed by atoms with Gasteiger partial charge in [0, 0.05) is 63.5 Å². The summed E-state index contributed by atoms with van der Waals surface area (Å²) < 4.78 is 180. The summed E-state index contributed by atoms with van der Waals surface area (Å²) in [5, 5.41) is -10.5. The zero-order valence-corrected chi connectivity index (χ0v) is 39.8. The van der Waals surface area contributed by atoms with Gasteiger partial charge in [-0.25, -0.2) is 21.8 Å². The number of carbonyl (C=O) groups excluding carboxylic acids is 2. The van der Waals surface area contributed by atoms with Crippen molar-refractivity contribution in [2.75, 3.05) is 16.8 Å². The van der Waals surface area contributed by atoms with Crippen molar-refractivity contribution >= 4 is 81.7 Å². The van der Waals surface area contributed by atoms with Gasteiger partial charge in [-0.2, -0.15) is 46.5 Å². The third kappa shape index (κ3) is 10.2. The second-order valence-corrected chi connectivity index (χ2v) is 22.0. The highest BCUT2D eigenvalue weighted by Crippen LogP contribution is 2.51. The van der Waals surface area contributed by atoms with Crippen LogP contribution in [0.2, 0.25) is 0 Å². The Morgan fingerprint density at radius 3 is 1.94 bits per heavy atom. The topological polar surface area (TPSA) is 195 Å². The summed E-state index contributed by atoms with van der Waals surface area (Å²) in [5.74, 6) is -10.1. The molecule has 0 saturated carbocycles. The molecule has 2 N–H and O–H groups in total. The van der Waals surface area contributed by atoms with Crippen LogP contribution in [0.25, 0.3) is 33.4 Å². The molecule has 1 heterocycles. The smallest absolute Gasteiger partial charge is 0.450 e. The number of ketones is 1. The Hall–Kier alpha value is -5.75. The van der Waals surface area contributed by atoms with Crippen LogP contribution in [0.4, 0.5) is 43.4 Å². The quantitative estimate of drug-likeness (QED) is 0.0359. The number of sulfonamides is 2. The molecule has 0 unspecified atom stereocenters. The summed E-state index contributed by atoms with van der Waals surface area (Å²) in [7, 11) is -21.0. The van der Waals surface area contributed by atoms with E-state index >= 15 is 26.3 Å². The highest BCUT2D eigenvalue weighted by atomic mass is 32.3. The van der Waals surface area contributed by atoms with E-state index < -0.39 is 69.4 Å². The first-order valence-electron chi connectivity index (χ1n) is 20.1. The van der Waals surface area contributed by atoms with Crippen LogP contribution in [-0.2, 0) is 43.9 Å². The Balaban J connectivity index is 1.43. The third-order valence-electron chi connectivity index (χ3n) is 10.4. The molecule has 0 radical (unpaired) electrons. The number of alkyl halides is 6. The average molecular weight is 1030 g/mol. The van der Waals surface area contributed by atoms with Crippen LogP contribution >= 0.6 is 11.8 Å². The summed E-state index contributed by atoms with van der Waals surface area (Å²) in [6.45, 7) is 8.69. The van der Waals surface area contributed by atoms with E-state index in [0.717, 1.165) is 57.9 Å². The second-order valence-electron chi connectivity index (χ2n) is 15.5. The fourth-order valence-electron chi connectivity index (χ4n) is 6.92. The molecule has 4 aromatic rings. The van der Waals surface area contributed by atoms with Gasteiger partial charge in [-0.15, -0.1) is 0 Å². The van der Waals surface area contributed by atoms with Crippen LogP contribution in [-0.4, -0.2) is 64.9 Å². The number of benzene rings is 5. The molecule has 0 atom stereocenters. The van der Waals surface area contributed by atoms with Gasteiger partial charge >= 0.3 is 32.5 Å². The molecule has 0 aromatic heterocycles. The SMILES string of the molecule is CC(=O)CCSCCC(=O)OS(=O)(=O)C(F)(F)C(F)(F)C(F)(F)S(=O)(=O)NS(=O)(=O)c1ccccc1-c1c2ccc(=Nc3c(C)cccc3C)cc-2oc2cc(Nc3c(C)cccc3C)ccc12. The molecular weight excluding hydrogens is 985 g/mol. The summed E-state index contributed by atoms with van der Waals surface area (Å²) in [6, 6.07) is 24.6. The van der Waals surface area contributed by atoms with Gasteiger partial charge in [0.25, 0.3) is 20.0 Å². The van der Waals surface area contributed by atoms with Crippen LogP contribution in [0.1, 0.15) is 42.0 Å². The number of anilines is 2. The maximum atomic E-state index is 15.5. The lowest BCUT2D eigenvalue weighted by molar-refractivity contribution is -0.246. The van der Waals surface area contributed by atoms with E-state index in [2.05, 4.69) is 9.50 Å². The Labute approximate surface area is 391 Å². The average Bonchev–Trinajstić information content (AvgIpc) is 3.24. The zero-order valence-electron chi connectivity index (χ0n) is 36.5. The molecule has 0 bridgehead atoms. The van der Waals surface area contributed by atoms with E-state index in [9.17, 15) is 34.8 Å². The van der Waals surface area contributed by atoms with Gasteiger partial charge in [-0.1, -0.05) is 58.7 Å². The van der Waals surface area contributed by atoms with Crippen molar-refractivity contribution in [1.82, 2.24) is 4.13 Å². The van der Waals surface area contributed by atoms with Gasteiger partial charge in [0.2, 0.25) is 0 Å². The summed E-state index contributed by atoms with van der Waals surface area (Å²) in [5.41, 5.74) is 5.19. The van der Waals surface area contributed by atoms with Crippen molar-refractivity contribution in [2.24, 2.45) is 4.99 Å². The standard InChI is InChI=1S/C45H41F6N3O10S4/c1-26-10-8-11-27(2)41(26)52-31-16-18-33-36(24-31)63-37-25-32(53-42-28(3)12-9-13-29(42)4)17-19-34(37)40(33)35-14-6-7-15-38(35)66(57,58)54-67(59,60)44(48,49)43(46,47)45(50,51)68(61,62)64-39(56)21-23-65-22-20-30(5)55/h6-19,24-25,52,54H,20-23H2,1-5H3. The highest BCUT2D eigenvalue weighted by molar-refractivity contribution is 8.05. The van der Waals surface area contributed by atoms with Crippen molar-refractivity contribution < 1.29 is 69.8 Å². The summed E-state index contributed by atoms with van der Waals surface area (Å²) in [4.78, 5) is 26.7. The minimum Gasteiger partial charge on any atom is -0.456 e. The zero-order chi connectivity index (χ0) is 50.2. The van der Waals surface area contributed by atoms with E-state index in [-0.39, 0.29) is 51.6 Å². The number of nitrogens with zero attached hydrogens (tertiary/aromatic N) is 1. The maximum absolute atomic E-state index is 15.5. The first kappa shape index (κ1) is 51.6. The predicted molar refractivity (Wildman–Crippen MR) is 245 cm³/mol. The predicted octanol–water partition coefficient (Wildman–Crippen LogP) is 9.82. The van der Waals surface area contributed by atoms with Crippen LogP contribution < -0.4 is 14.8 Å². The third-order valence-corrected chi connectivity index (χ3v) is 16.3. The first-order valence-corrected chi connectivity index (χ1v) is 25.6. The first-order chi connectivity index (χ1) is 31.6. The normalized spacial score (nSPS) is 13.2. The fraction of sp³-hybridized carbons (Fsp3) is 0.267. The number of hydrogen-bond donors (Lipinski definition) is 2. The molecule has 68 heavy (non-hydrogen) atoms. The summed E-state index contributed by atoms with van der Waals surface area (Å²) in [6.07, 6.45) is -1.04. The Morgan fingerprint density at radius 1 is 0.706 bits per heavy atom. The van der Waals surface area contributed by atoms with Gasteiger partial charge in [-0.3, -0.25) is 9.59 Å². The minimum atomic E-state index is -7.57. The Morgan fingerprint density at radius 2 is 1.31 bits per heavy atom. The van der Waals surface area contributed by atoms with Crippen LogP contribution in [0, 0.1) is 27.7 Å². The number of thioether (sulfide) groups is 1. The lowest BCUT2D eigenvalue weighted by atomic mass is 9.93. The van der Waals surface area contributed by atoms with Crippen molar-refractivity contribution in [3.8, 4) is 22.5 Å². The molecule has 13 nitrogen and oxygen atoms in total. The van der Waals surface area contributed by atoms with E-state index in [1.54, 1.807) is 18.2 Å². The molecule has 2 aliphatic rings. The minimum absolute atomic E-state index is 0.00192. The molecule has 4 aromatic carbocycles. The largest absolute Gasteiger partial charge is 0.456 e. The molecule has 0 fully saturated rings. The van der Waals surface area contributed by atoms with Crippen molar-refractivity contribution in [1.29, 1.82) is 0 Å². The van der Waals surface area contributed by atoms with E-state index in [1.807, 2.05) is 64.1 Å². The molecule has 0 saturated heterocycles. The number of Topliss-reactive ketones (excluding diaryl/α,β-unsaturated/α-hetero) is 1. The van der Waals surface area contributed by atoms with E-state index in [4.69, 9.17) is 9.41 Å². The number of hydrogen-bond acceptors (Lipinski definition) is 13. The van der Waals surface area contributed by atoms with Crippen LogP contribution in [0.15, 0.2) is 111 Å². The molecule has 23 heteroatoms. The van der Waals surface area contributed by atoms with Crippen LogP contribution in [0.3, 0.4) is 0 Å². The van der Waals surface area contributed by atoms with Gasteiger partial charge in [-0.05, 0) is 87.2 Å². The second kappa shape index (κ2) is 19.3. The van der Waals surface area contributed by atoms with Gasteiger partial charge in [0.15, 0.2) is 0 Å². The molecular formula is C45H41F6N3O10S4. The Bertz CT molecular complexity index is 3310. The van der Waals surface area contributed by atoms with E-state index in [0.29, 0.717) is 20.9 Å². The molecule has 1 aliphatic heterocycles. The van der Waals surface area contributed by atoms with Gasteiger partial charge < -0.3 is 13.9 Å². The van der Waals surface area contributed by atoms with Crippen molar-refractivity contribution in [3.63, 3.8) is 0 Å². The molecule has 0 spiro atoms. The number of aryl methyl sites for hydroxylation is 4. The van der Waals surface area contributed by atoms with Gasteiger partial charge in [0.1, 0.15) is 17.1 Å². The summed E-state index contributed by atoms with van der Waals surface area (Å²) >= 11 is 0.835. The van der Waals surface area contributed by atoms with Crippen LogP contribution in [0.5, 0.6) is 0 Å². The van der Waals surface area contributed by atoms with Crippen molar-refractivity contribution in [2.45, 2.75) is 68.8 Å². The number of fused-ring (bicyclic) bond motifs is 2. The lowest BCUT2D eigenvalue weighted by Crippen LogP contribution is -2.63. The van der Waals surface area contributed by atoms with E-state index in [1.165, 1.54) is 31.2 Å². The number of rotatable bonds is 18. The monoisotopic (exact) mass is 1030 g/mol. The number of carbonyl (C=O) groups is 2. The number of nitrogens with one attached hydrogen (secondary N) is 2. The van der Waals surface area contributed by atoms with Gasteiger partial charge in [0.05, 0.1) is 22.4 Å². The number of halogens is 6. The highest BCUT2D eigenvalue weighted by Gasteiger charge is 2.83. The molecule has 6 rings (SSSR count). The molecule has 1 aliphatic carbocycles. The number of para-hydroxylation sites is 2. The molecule has 0 amide bonds. The molecule has 362 valence electrons.